The third-order valence-electron chi connectivity index (χ3n) is 13.2. The highest BCUT2D eigenvalue weighted by molar-refractivity contribution is 6.27. The summed E-state index contributed by atoms with van der Waals surface area (Å²) in [7, 11) is 0. The number of nitrogens with zero attached hydrogens (tertiary/aromatic N) is 1. The van der Waals surface area contributed by atoms with Crippen molar-refractivity contribution in [2.24, 2.45) is 0 Å². The molecule has 2 heteroatoms. The second kappa shape index (κ2) is 13.3. The van der Waals surface area contributed by atoms with E-state index < -0.39 is 0 Å². The maximum atomic E-state index is 3.78. The largest absolute Gasteiger partial charge is 0.359 e. The van der Waals surface area contributed by atoms with Crippen LogP contribution < -0.4 is 10.2 Å². The summed E-state index contributed by atoms with van der Waals surface area (Å²) in [4.78, 5) is 2.42. The molecule has 0 aromatic heterocycles. The van der Waals surface area contributed by atoms with E-state index in [1.165, 1.54) is 110 Å². The molecule has 0 bridgehead atoms. The smallest absolute Gasteiger partial charge is 0.130 e. The van der Waals surface area contributed by atoms with Gasteiger partial charge in [-0.25, -0.2) is 0 Å². The minimum atomic E-state index is 0.0124. The summed E-state index contributed by atoms with van der Waals surface area (Å²) in [5, 5.41) is 14.1. The van der Waals surface area contributed by atoms with E-state index in [4.69, 9.17) is 0 Å². The van der Waals surface area contributed by atoms with Gasteiger partial charge in [-0.3, -0.25) is 0 Å². The van der Waals surface area contributed by atoms with Crippen LogP contribution in [0.15, 0.2) is 218 Å². The molecule has 1 aliphatic heterocycles. The molecule has 0 spiro atoms. The van der Waals surface area contributed by atoms with Crippen molar-refractivity contribution >= 4 is 60.2 Å². The summed E-state index contributed by atoms with van der Waals surface area (Å²) in [5.74, 6) is 0. The molecule has 0 amide bonds. The lowest BCUT2D eigenvalue weighted by molar-refractivity contribution is 0.828. The highest BCUT2D eigenvalue weighted by atomic mass is 15.3. The number of rotatable bonds is 5. The van der Waals surface area contributed by atoms with Gasteiger partial charge in [-0.15, -0.1) is 0 Å². The Kier molecular flexibility index (Phi) is 7.40. The van der Waals surface area contributed by atoms with E-state index in [1.807, 2.05) is 0 Å². The Morgan fingerprint density at radius 2 is 0.820 bits per heavy atom. The zero-order valence-corrected chi connectivity index (χ0v) is 33.3. The Bertz CT molecular complexity index is 3540. The fourth-order valence-electron chi connectivity index (χ4n) is 10.4. The summed E-state index contributed by atoms with van der Waals surface area (Å²) in [6, 6.07) is 80.6. The molecule has 1 aliphatic carbocycles. The predicted molar refractivity (Wildman–Crippen MR) is 259 cm³/mol. The first-order valence-corrected chi connectivity index (χ1v) is 21.2. The summed E-state index contributed by atoms with van der Waals surface area (Å²) in [6.07, 6.45) is 0.0124. The van der Waals surface area contributed by atoms with Crippen molar-refractivity contribution in [1.29, 1.82) is 0 Å². The van der Waals surface area contributed by atoms with Crippen LogP contribution in [0.5, 0.6) is 0 Å². The molecule has 1 atom stereocenters. The average molecular weight is 775 g/mol. The quantitative estimate of drug-likeness (QED) is 0.175. The van der Waals surface area contributed by atoms with Gasteiger partial charge in [0.1, 0.15) is 6.17 Å². The summed E-state index contributed by atoms with van der Waals surface area (Å²) >= 11 is 0. The molecule has 0 radical (unpaired) electrons. The summed E-state index contributed by atoms with van der Waals surface area (Å²) in [5.41, 5.74) is 17.4. The normalized spacial score (nSPS) is 13.8. The average Bonchev–Trinajstić information content (AvgIpc) is 3.88. The fourth-order valence-corrected chi connectivity index (χ4v) is 10.4. The number of hydrogen-bond donors (Lipinski definition) is 1. The molecular weight excluding hydrogens is 737 g/mol. The molecule has 1 unspecified atom stereocenters. The minimum absolute atomic E-state index is 0.0124. The standard InChI is InChI=1S/C59H38N2/c1-4-15-37(16-5-1)48-33-54-50(44-22-11-10-21-43(44)48)34-49(38-17-6-2-7-18-38)53-35-52-47-32-31-42(45-23-14-24-46(58(45)47)51(52)36-55(53)54)39-27-29-41(30-28-39)61-57-26-13-12-25-56(57)60-59(61)40-19-8-3-9-20-40/h1-36,59-60H. The van der Waals surface area contributed by atoms with Gasteiger partial charge in [0.25, 0.3) is 0 Å². The zero-order valence-electron chi connectivity index (χ0n) is 33.3. The zero-order chi connectivity index (χ0) is 40.0. The molecule has 0 saturated heterocycles. The first-order chi connectivity index (χ1) is 30.3. The van der Waals surface area contributed by atoms with Crippen LogP contribution in [0.4, 0.5) is 17.1 Å². The topological polar surface area (TPSA) is 15.3 Å². The number of hydrogen-bond acceptors (Lipinski definition) is 2. The number of anilines is 3. The van der Waals surface area contributed by atoms with E-state index in [2.05, 4.69) is 229 Å². The highest BCUT2D eigenvalue weighted by Gasteiger charge is 2.31. The number of fused-ring (bicyclic) bond motifs is 9. The van der Waals surface area contributed by atoms with Crippen molar-refractivity contribution in [3.8, 4) is 55.6 Å². The van der Waals surface area contributed by atoms with Crippen molar-refractivity contribution < 1.29 is 0 Å². The molecule has 0 saturated carbocycles. The SMILES string of the molecule is c1ccc(-c2cc3c4cc5c(cc4c(-c4ccccc4)cc3c3ccccc23)-c2ccc(-c3ccc(N4c6ccccc6NC4c4ccccc4)cc3)c3cccc-5c23)cc1. The van der Waals surface area contributed by atoms with Gasteiger partial charge in [-0.05, 0) is 153 Å². The lowest BCUT2D eigenvalue weighted by atomic mass is 9.86. The molecule has 1 heterocycles. The Hall–Kier alpha value is -7.94. The van der Waals surface area contributed by atoms with Gasteiger partial charge in [0, 0.05) is 5.69 Å². The maximum Gasteiger partial charge on any atom is 0.130 e. The second-order valence-electron chi connectivity index (χ2n) is 16.4. The van der Waals surface area contributed by atoms with Crippen LogP contribution in [0, 0.1) is 0 Å². The fraction of sp³-hybridized carbons (Fsp3) is 0.0169. The third kappa shape index (κ3) is 5.16. The predicted octanol–water partition coefficient (Wildman–Crippen LogP) is 16.2. The van der Waals surface area contributed by atoms with Crippen LogP contribution in [-0.2, 0) is 0 Å². The Morgan fingerprint density at radius 1 is 0.311 bits per heavy atom. The van der Waals surface area contributed by atoms with E-state index in [-0.39, 0.29) is 6.17 Å². The highest BCUT2D eigenvalue weighted by Crippen LogP contribution is 2.53. The first-order valence-electron chi connectivity index (χ1n) is 21.2. The van der Waals surface area contributed by atoms with Gasteiger partial charge in [0.05, 0.1) is 11.4 Å². The molecule has 13 rings (SSSR count). The van der Waals surface area contributed by atoms with E-state index >= 15 is 0 Å². The van der Waals surface area contributed by atoms with Crippen LogP contribution >= 0.6 is 0 Å². The molecule has 11 aromatic carbocycles. The third-order valence-corrected chi connectivity index (χ3v) is 13.2. The lowest BCUT2D eigenvalue weighted by Gasteiger charge is -2.27. The van der Waals surface area contributed by atoms with Crippen LogP contribution in [0.1, 0.15) is 11.7 Å². The van der Waals surface area contributed by atoms with Crippen molar-refractivity contribution in [2.75, 3.05) is 10.2 Å². The number of para-hydroxylation sites is 2. The van der Waals surface area contributed by atoms with Crippen LogP contribution in [0.25, 0.3) is 98.7 Å². The maximum absolute atomic E-state index is 3.78. The Balaban J connectivity index is 0.988. The van der Waals surface area contributed by atoms with Gasteiger partial charge in [-0.1, -0.05) is 170 Å². The Labute approximate surface area is 354 Å². The van der Waals surface area contributed by atoms with Gasteiger partial charge >= 0.3 is 0 Å². The number of nitrogens with one attached hydrogen (secondary N) is 1. The van der Waals surface area contributed by atoms with Crippen LogP contribution in [-0.4, -0.2) is 0 Å². The minimum Gasteiger partial charge on any atom is -0.359 e. The van der Waals surface area contributed by atoms with Gasteiger partial charge in [0.15, 0.2) is 0 Å². The van der Waals surface area contributed by atoms with Crippen molar-refractivity contribution in [2.45, 2.75) is 6.17 Å². The molecule has 1 N–H and O–H groups in total. The molecule has 2 nitrogen and oxygen atoms in total. The van der Waals surface area contributed by atoms with Crippen LogP contribution in [0.2, 0.25) is 0 Å². The van der Waals surface area contributed by atoms with Crippen molar-refractivity contribution in [3.63, 3.8) is 0 Å². The van der Waals surface area contributed by atoms with Gasteiger partial charge < -0.3 is 10.2 Å². The molecular formula is C59H38N2. The van der Waals surface area contributed by atoms with E-state index in [0.717, 1.165) is 11.4 Å². The number of benzene rings is 11. The molecule has 284 valence electrons. The second-order valence-corrected chi connectivity index (χ2v) is 16.4. The van der Waals surface area contributed by atoms with Crippen molar-refractivity contribution in [3.05, 3.63) is 224 Å². The van der Waals surface area contributed by atoms with E-state index in [0.29, 0.717) is 0 Å². The van der Waals surface area contributed by atoms with Gasteiger partial charge in [0.2, 0.25) is 0 Å². The lowest BCUT2D eigenvalue weighted by Crippen LogP contribution is -2.23. The molecule has 2 aliphatic rings. The van der Waals surface area contributed by atoms with Crippen LogP contribution in [0.3, 0.4) is 0 Å². The van der Waals surface area contributed by atoms with E-state index in [1.54, 1.807) is 0 Å². The molecule has 0 fully saturated rings. The summed E-state index contributed by atoms with van der Waals surface area (Å²) in [6.45, 7) is 0. The van der Waals surface area contributed by atoms with Gasteiger partial charge in [-0.2, -0.15) is 0 Å². The van der Waals surface area contributed by atoms with E-state index in [9.17, 15) is 0 Å². The Morgan fingerprint density at radius 3 is 1.56 bits per heavy atom. The summed E-state index contributed by atoms with van der Waals surface area (Å²) < 4.78 is 0. The molecule has 61 heavy (non-hydrogen) atoms. The monoisotopic (exact) mass is 774 g/mol. The first kappa shape index (κ1) is 34.0. The van der Waals surface area contributed by atoms with Crippen molar-refractivity contribution in [1.82, 2.24) is 0 Å². The molecule has 11 aromatic rings.